The van der Waals surface area contributed by atoms with Gasteiger partial charge in [0, 0.05) is 48.2 Å². The SMILES string of the molecule is CCC(C)C1C(=O)N(C)C(C(C)CC)C(=O)NCC(=O)N(C)C(C(C)C)C(=O)NC(Cc2ccc(OC)cc2)C(=O)OC(C)C(=O)N2CCCCC2C(=O)N(C)C(C(C)C)C(=O)NC(C(C)C)C(=O)N(C)C(CC(=O)OC(C)(C)C)C(=O)N1C. The van der Waals surface area contributed by atoms with Crippen molar-refractivity contribution in [2.24, 2.45) is 29.6 Å². The number of cyclic esters (lactones) is 1. The molecule has 0 radical (unpaired) electrons. The third-order valence-corrected chi connectivity index (χ3v) is 16.2. The Hall–Kier alpha value is -6.81. The first kappa shape index (κ1) is 71.5. The van der Waals surface area contributed by atoms with Crippen molar-refractivity contribution in [3.63, 3.8) is 0 Å². The monoisotopic (exact) mass is 1180 g/mol. The van der Waals surface area contributed by atoms with Gasteiger partial charge in [-0.15, -0.1) is 0 Å². The van der Waals surface area contributed by atoms with Gasteiger partial charge in [-0.3, -0.25) is 47.9 Å². The summed E-state index contributed by atoms with van der Waals surface area (Å²) in [7, 11) is 8.45. The number of fused-ring (bicyclic) bond motifs is 1. The fourth-order valence-electron chi connectivity index (χ4n) is 11.0. The van der Waals surface area contributed by atoms with Crippen LogP contribution < -0.4 is 20.7 Å². The molecule has 472 valence electrons. The van der Waals surface area contributed by atoms with Crippen molar-refractivity contribution < 1.29 is 67.0 Å². The molecule has 0 aliphatic carbocycles. The van der Waals surface area contributed by atoms with E-state index < -0.39 is 168 Å². The lowest BCUT2D eigenvalue weighted by Crippen LogP contribution is -2.63. The van der Waals surface area contributed by atoms with E-state index in [1.54, 1.807) is 100 Å². The highest BCUT2D eigenvalue weighted by Gasteiger charge is 2.46. The third-order valence-electron chi connectivity index (χ3n) is 16.2. The van der Waals surface area contributed by atoms with Crippen molar-refractivity contribution in [2.45, 2.75) is 202 Å². The van der Waals surface area contributed by atoms with Crippen LogP contribution in [0, 0.1) is 29.6 Å². The number of benzene rings is 1. The summed E-state index contributed by atoms with van der Waals surface area (Å²) in [6, 6.07) is -3.55. The van der Waals surface area contributed by atoms with Crippen LogP contribution in [0.2, 0.25) is 0 Å². The first-order valence-corrected chi connectivity index (χ1v) is 29.6. The number of rotatable bonds is 12. The fraction of sp³-hybridized carbons (Fsp3) is 0.721. The van der Waals surface area contributed by atoms with E-state index in [1.165, 1.54) is 68.9 Å². The van der Waals surface area contributed by atoms with E-state index in [2.05, 4.69) is 16.0 Å². The largest absolute Gasteiger partial charge is 0.497 e. The van der Waals surface area contributed by atoms with Gasteiger partial charge in [-0.25, -0.2) is 4.79 Å². The molecule has 2 saturated heterocycles. The summed E-state index contributed by atoms with van der Waals surface area (Å²) >= 11 is 0. The maximum absolute atomic E-state index is 15.2. The molecule has 2 aliphatic heterocycles. The van der Waals surface area contributed by atoms with E-state index in [1.807, 2.05) is 13.8 Å². The average molecular weight is 1180 g/mol. The maximum Gasteiger partial charge on any atom is 0.329 e. The molecule has 0 aromatic heterocycles. The van der Waals surface area contributed by atoms with Crippen molar-refractivity contribution in [1.82, 2.24) is 45.3 Å². The maximum atomic E-state index is 15.2. The van der Waals surface area contributed by atoms with Crippen LogP contribution >= 0.6 is 0 Å². The average Bonchev–Trinajstić information content (AvgIpc) is 3.49. The van der Waals surface area contributed by atoms with Gasteiger partial charge < -0.3 is 59.6 Å². The van der Waals surface area contributed by atoms with Crippen LogP contribution in [0.25, 0.3) is 0 Å². The van der Waals surface area contributed by atoms with E-state index in [9.17, 15) is 43.2 Å². The van der Waals surface area contributed by atoms with Crippen molar-refractivity contribution in [2.75, 3.05) is 55.4 Å². The molecule has 84 heavy (non-hydrogen) atoms. The third kappa shape index (κ3) is 18.3. The molecule has 1 aromatic carbocycles. The summed E-state index contributed by atoms with van der Waals surface area (Å²) in [6.07, 6.45) is -0.194. The molecule has 2 heterocycles. The van der Waals surface area contributed by atoms with E-state index in [4.69, 9.17) is 14.2 Å². The number of nitrogens with one attached hydrogen (secondary N) is 3. The number of esters is 2. The van der Waals surface area contributed by atoms with Crippen molar-refractivity contribution >= 4 is 65.1 Å². The second-order valence-corrected chi connectivity index (χ2v) is 24.8. The molecule has 23 heteroatoms. The molecule has 3 rings (SSSR count). The van der Waals surface area contributed by atoms with Crippen LogP contribution in [0.1, 0.15) is 141 Å². The predicted octanol–water partition coefficient (Wildman–Crippen LogP) is 3.58. The second-order valence-electron chi connectivity index (χ2n) is 24.8. The van der Waals surface area contributed by atoms with Crippen molar-refractivity contribution in [3.8, 4) is 5.75 Å². The van der Waals surface area contributed by atoms with E-state index >= 15 is 9.59 Å². The highest BCUT2D eigenvalue weighted by Crippen LogP contribution is 2.27. The molecule has 2 aliphatic rings. The summed E-state index contributed by atoms with van der Waals surface area (Å²) in [4.78, 5) is 168. The first-order valence-electron chi connectivity index (χ1n) is 29.6. The molecule has 9 amide bonds. The van der Waals surface area contributed by atoms with Gasteiger partial charge in [-0.1, -0.05) is 94.2 Å². The zero-order valence-corrected chi connectivity index (χ0v) is 53.7. The quantitative estimate of drug-likeness (QED) is 0.253. The second kappa shape index (κ2) is 31.4. The Labute approximate surface area is 498 Å². The molecule has 1 aromatic rings. The Kier molecular flexibility index (Phi) is 26.7. The molecule has 2 fully saturated rings. The summed E-state index contributed by atoms with van der Waals surface area (Å²) in [5.41, 5.74) is -0.414. The topological polar surface area (TPSA) is 271 Å². The fourth-order valence-corrected chi connectivity index (χ4v) is 11.0. The van der Waals surface area contributed by atoms with Gasteiger partial charge in [-0.05, 0) is 94.2 Å². The number of hydrogen-bond donors (Lipinski definition) is 3. The van der Waals surface area contributed by atoms with Crippen LogP contribution in [0.5, 0.6) is 5.75 Å². The molecule has 11 atom stereocenters. The smallest absolute Gasteiger partial charge is 0.329 e. The number of ether oxygens (including phenoxy) is 3. The molecular formula is C61H99N9O14. The number of methoxy groups -OCH3 is 1. The number of carbonyl (C=O) groups excluding carboxylic acids is 11. The molecule has 0 spiro atoms. The Bertz CT molecular complexity index is 2500. The van der Waals surface area contributed by atoms with Crippen LogP contribution in [0.15, 0.2) is 24.3 Å². The molecular weight excluding hydrogens is 1080 g/mol. The summed E-state index contributed by atoms with van der Waals surface area (Å²) < 4.78 is 16.9. The Morgan fingerprint density at radius 3 is 1.68 bits per heavy atom. The minimum atomic E-state index is -1.59. The highest BCUT2D eigenvalue weighted by atomic mass is 16.6. The summed E-state index contributed by atoms with van der Waals surface area (Å²) in [5.74, 6) is -10.4. The minimum Gasteiger partial charge on any atom is -0.497 e. The molecule has 0 saturated carbocycles. The lowest BCUT2D eigenvalue weighted by Gasteiger charge is -2.41. The van der Waals surface area contributed by atoms with Gasteiger partial charge in [0.15, 0.2) is 6.10 Å². The van der Waals surface area contributed by atoms with Gasteiger partial charge in [0.2, 0.25) is 47.3 Å². The van der Waals surface area contributed by atoms with Crippen molar-refractivity contribution in [1.29, 1.82) is 0 Å². The lowest BCUT2D eigenvalue weighted by molar-refractivity contribution is -0.165. The Morgan fingerprint density at radius 2 is 1.15 bits per heavy atom. The van der Waals surface area contributed by atoms with Gasteiger partial charge in [0.25, 0.3) is 5.91 Å². The molecule has 3 N–H and O–H groups in total. The Morgan fingerprint density at radius 1 is 0.631 bits per heavy atom. The van der Waals surface area contributed by atoms with Crippen LogP contribution in [-0.2, 0) is 68.6 Å². The molecule has 11 unspecified atom stereocenters. The summed E-state index contributed by atoms with van der Waals surface area (Å²) in [5, 5.41) is 8.30. The Balaban J connectivity index is 2.31. The van der Waals surface area contributed by atoms with Crippen LogP contribution in [0.4, 0.5) is 0 Å². The zero-order valence-electron chi connectivity index (χ0n) is 53.7. The standard InChI is InChI=1S/C61H99N9O14/c1-21-37(9)50-52(73)62-33-45(71)66(16)48(35(5)6)53(74)63-42(31-40-26-28-41(82-20)29-27-40)60(81)83-39(11)55(76)70-30-24-23-25-43(70)56(77)67(17)49(36(7)8)54(75)64-47(34(3)4)58(79)65(15)44(32-46(72)84-61(12,13)14)57(78)69(19)51(38(10)22-2)59(80)68(50)18/h26-29,34-39,42-44,47-51H,21-25,30-33H2,1-20H3,(H,62,73)(H,63,74)(H,64,75). The van der Waals surface area contributed by atoms with Crippen LogP contribution in [-0.4, -0.2) is 210 Å². The van der Waals surface area contributed by atoms with E-state index in [0.29, 0.717) is 37.0 Å². The van der Waals surface area contributed by atoms with Gasteiger partial charge >= 0.3 is 11.9 Å². The predicted molar refractivity (Wildman–Crippen MR) is 315 cm³/mol. The number of carbonyl (C=O) groups is 11. The number of nitrogens with zero attached hydrogens (tertiary/aromatic N) is 6. The molecule has 23 nitrogen and oxygen atoms in total. The summed E-state index contributed by atoms with van der Waals surface area (Å²) in [6.45, 7) is 23.2. The van der Waals surface area contributed by atoms with Gasteiger partial charge in [-0.2, -0.15) is 0 Å². The zero-order chi connectivity index (χ0) is 64.0. The molecule has 0 bridgehead atoms. The minimum absolute atomic E-state index is 0.112. The number of piperidine rings is 1. The number of hydrogen-bond acceptors (Lipinski definition) is 14. The van der Waals surface area contributed by atoms with Gasteiger partial charge in [0.05, 0.1) is 20.1 Å². The van der Waals surface area contributed by atoms with E-state index in [0.717, 1.165) is 9.80 Å². The number of likely N-dealkylation sites (N-methyl/N-ethyl adjacent to an activating group) is 5. The van der Waals surface area contributed by atoms with Gasteiger partial charge in [0.1, 0.15) is 59.7 Å². The number of amides is 9. The normalized spacial score (nSPS) is 26.2. The first-order chi connectivity index (χ1) is 39.1. The lowest BCUT2D eigenvalue weighted by atomic mass is 9.92. The van der Waals surface area contributed by atoms with Crippen LogP contribution in [0.3, 0.4) is 0 Å². The van der Waals surface area contributed by atoms with Crippen molar-refractivity contribution in [3.05, 3.63) is 29.8 Å². The van der Waals surface area contributed by atoms with E-state index in [-0.39, 0.29) is 19.4 Å². The highest BCUT2D eigenvalue weighted by molar-refractivity contribution is 5.99.